The van der Waals surface area contributed by atoms with Crippen LogP contribution in [-0.2, 0) is 11.3 Å². The third-order valence-corrected chi connectivity index (χ3v) is 5.83. The van der Waals surface area contributed by atoms with E-state index < -0.39 is 0 Å². The molecule has 0 saturated carbocycles. The van der Waals surface area contributed by atoms with Gasteiger partial charge >= 0.3 is 0 Å². The van der Waals surface area contributed by atoms with Crippen molar-refractivity contribution in [2.45, 2.75) is 32.0 Å². The molecular formula is C23H23N3O4S. The van der Waals surface area contributed by atoms with E-state index >= 15 is 0 Å². The molecule has 0 atom stereocenters. The summed E-state index contributed by atoms with van der Waals surface area (Å²) >= 11 is 1.23. The third-order valence-electron chi connectivity index (χ3n) is 4.86. The van der Waals surface area contributed by atoms with E-state index in [1.165, 1.54) is 11.8 Å². The maximum Gasteiger partial charge on any atom is 0.297 e. The van der Waals surface area contributed by atoms with Gasteiger partial charge in [0, 0.05) is 11.9 Å². The minimum atomic E-state index is -0.230. The Balaban J connectivity index is 1.64. The van der Waals surface area contributed by atoms with Crippen LogP contribution in [0.1, 0.15) is 18.9 Å². The maximum atomic E-state index is 13.1. The Hall–Kier alpha value is -3.26. The third kappa shape index (κ3) is 4.16. The van der Waals surface area contributed by atoms with E-state index in [2.05, 4.69) is 5.32 Å². The SMILES string of the molecule is CCCn1c(SCC(=O)Nc2cc(C)ccc2OC)nc2c(oc3ccccc32)c1=O. The summed E-state index contributed by atoms with van der Waals surface area (Å²) in [6.07, 6.45) is 0.758. The number of thioether (sulfide) groups is 1. The number of methoxy groups -OCH3 is 1. The lowest BCUT2D eigenvalue weighted by Gasteiger charge is -2.12. The first kappa shape index (κ1) is 21.0. The van der Waals surface area contributed by atoms with Crippen molar-refractivity contribution >= 4 is 45.4 Å². The number of aromatic nitrogens is 2. The Morgan fingerprint density at radius 1 is 1.26 bits per heavy atom. The quantitative estimate of drug-likeness (QED) is 0.336. The van der Waals surface area contributed by atoms with Crippen LogP contribution < -0.4 is 15.6 Å². The molecule has 4 aromatic rings. The van der Waals surface area contributed by atoms with Gasteiger partial charge in [-0.15, -0.1) is 0 Å². The van der Waals surface area contributed by atoms with Gasteiger partial charge in [0.2, 0.25) is 11.5 Å². The molecule has 160 valence electrons. The zero-order chi connectivity index (χ0) is 22.0. The molecule has 0 fully saturated rings. The minimum absolute atomic E-state index is 0.106. The lowest BCUT2D eigenvalue weighted by atomic mass is 10.2. The monoisotopic (exact) mass is 437 g/mol. The second kappa shape index (κ2) is 8.85. The van der Waals surface area contributed by atoms with E-state index in [1.54, 1.807) is 11.7 Å². The Bertz CT molecular complexity index is 1330. The summed E-state index contributed by atoms with van der Waals surface area (Å²) < 4.78 is 12.7. The van der Waals surface area contributed by atoms with E-state index in [9.17, 15) is 9.59 Å². The van der Waals surface area contributed by atoms with Gasteiger partial charge in [0.25, 0.3) is 5.56 Å². The predicted octanol–water partition coefficient (Wildman–Crippen LogP) is 4.60. The van der Waals surface area contributed by atoms with Crippen LogP contribution in [0.5, 0.6) is 5.75 Å². The number of aryl methyl sites for hydroxylation is 1. The van der Waals surface area contributed by atoms with Gasteiger partial charge in [-0.2, -0.15) is 0 Å². The molecule has 31 heavy (non-hydrogen) atoms. The molecule has 1 amide bonds. The Labute approximate surface area is 183 Å². The van der Waals surface area contributed by atoms with Gasteiger partial charge in [0.15, 0.2) is 5.16 Å². The molecule has 0 spiro atoms. The molecule has 1 N–H and O–H groups in total. The number of furan rings is 1. The number of nitrogens with zero attached hydrogens (tertiary/aromatic N) is 2. The number of para-hydroxylation sites is 1. The van der Waals surface area contributed by atoms with Crippen molar-refractivity contribution in [3.8, 4) is 5.75 Å². The molecule has 0 aliphatic heterocycles. The summed E-state index contributed by atoms with van der Waals surface area (Å²) in [7, 11) is 1.56. The van der Waals surface area contributed by atoms with Crippen molar-refractivity contribution in [2.24, 2.45) is 0 Å². The summed E-state index contributed by atoms with van der Waals surface area (Å²) in [6.45, 7) is 4.43. The molecule has 0 aliphatic rings. The summed E-state index contributed by atoms with van der Waals surface area (Å²) in [4.78, 5) is 30.4. The van der Waals surface area contributed by atoms with Crippen molar-refractivity contribution in [1.82, 2.24) is 9.55 Å². The fraction of sp³-hybridized carbons (Fsp3) is 0.261. The molecule has 8 heteroatoms. The number of carbonyl (C=O) groups is 1. The average Bonchev–Trinajstić information content (AvgIpc) is 3.14. The first-order valence-electron chi connectivity index (χ1n) is 10.0. The van der Waals surface area contributed by atoms with Crippen LogP contribution in [-0.4, -0.2) is 28.3 Å². The van der Waals surface area contributed by atoms with Gasteiger partial charge in [-0.3, -0.25) is 14.2 Å². The molecular weight excluding hydrogens is 414 g/mol. The number of hydrogen-bond donors (Lipinski definition) is 1. The van der Waals surface area contributed by atoms with Gasteiger partial charge < -0.3 is 14.5 Å². The number of nitrogens with one attached hydrogen (secondary N) is 1. The number of benzene rings is 2. The normalized spacial score (nSPS) is 11.2. The van der Waals surface area contributed by atoms with Gasteiger partial charge in [-0.25, -0.2) is 4.98 Å². The lowest BCUT2D eigenvalue weighted by molar-refractivity contribution is -0.113. The molecule has 0 aliphatic carbocycles. The number of anilines is 1. The molecule has 0 bridgehead atoms. The van der Waals surface area contributed by atoms with Gasteiger partial charge in [0.1, 0.15) is 16.8 Å². The Morgan fingerprint density at radius 3 is 2.84 bits per heavy atom. The standard InChI is InChI=1S/C23H23N3O4S/c1-4-11-26-22(28)21-20(15-7-5-6-8-17(15)30-21)25-23(26)31-13-19(27)24-16-12-14(2)9-10-18(16)29-3/h5-10,12H,4,11,13H2,1-3H3,(H,24,27). The first-order chi connectivity index (χ1) is 15.0. The van der Waals surface area contributed by atoms with Crippen molar-refractivity contribution in [3.05, 3.63) is 58.4 Å². The zero-order valence-corrected chi connectivity index (χ0v) is 18.4. The molecule has 2 aromatic carbocycles. The molecule has 7 nitrogen and oxygen atoms in total. The van der Waals surface area contributed by atoms with Crippen LogP contribution in [0.25, 0.3) is 22.1 Å². The summed E-state index contributed by atoms with van der Waals surface area (Å²) in [5, 5.41) is 4.17. The van der Waals surface area contributed by atoms with Crippen molar-refractivity contribution < 1.29 is 13.9 Å². The van der Waals surface area contributed by atoms with Crippen molar-refractivity contribution in [2.75, 3.05) is 18.2 Å². The molecule has 0 unspecified atom stereocenters. The number of amides is 1. The zero-order valence-electron chi connectivity index (χ0n) is 17.6. The van der Waals surface area contributed by atoms with E-state index in [0.717, 1.165) is 17.4 Å². The Morgan fingerprint density at radius 2 is 2.06 bits per heavy atom. The topological polar surface area (TPSA) is 86.4 Å². The van der Waals surface area contributed by atoms with Crippen molar-refractivity contribution in [3.63, 3.8) is 0 Å². The van der Waals surface area contributed by atoms with Gasteiger partial charge in [-0.1, -0.05) is 36.9 Å². The number of rotatable bonds is 7. The minimum Gasteiger partial charge on any atom is -0.495 e. The summed E-state index contributed by atoms with van der Waals surface area (Å²) in [5.74, 6) is 0.494. The lowest BCUT2D eigenvalue weighted by Crippen LogP contribution is -2.23. The van der Waals surface area contributed by atoms with E-state index in [1.807, 2.05) is 56.3 Å². The first-order valence-corrected chi connectivity index (χ1v) is 11.0. The van der Waals surface area contributed by atoms with Gasteiger partial charge in [0.05, 0.1) is 18.6 Å². The fourth-order valence-corrected chi connectivity index (χ4v) is 4.24. The van der Waals surface area contributed by atoms with Crippen LogP contribution in [0.3, 0.4) is 0 Å². The van der Waals surface area contributed by atoms with Crippen LogP contribution in [0.4, 0.5) is 5.69 Å². The molecule has 0 saturated heterocycles. The van der Waals surface area contributed by atoms with Crippen LogP contribution in [0.2, 0.25) is 0 Å². The summed E-state index contributed by atoms with van der Waals surface area (Å²) in [5.41, 5.74) is 2.79. The number of carbonyl (C=O) groups excluding carboxylic acids is 1. The van der Waals surface area contributed by atoms with E-state index in [4.69, 9.17) is 14.1 Å². The number of hydrogen-bond acceptors (Lipinski definition) is 6. The van der Waals surface area contributed by atoms with Crippen molar-refractivity contribution in [1.29, 1.82) is 0 Å². The second-order valence-corrected chi connectivity index (χ2v) is 8.11. The highest BCUT2D eigenvalue weighted by atomic mass is 32.2. The van der Waals surface area contributed by atoms with Crippen LogP contribution in [0.15, 0.2) is 56.8 Å². The van der Waals surface area contributed by atoms with E-state index in [-0.39, 0.29) is 22.8 Å². The summed E-state index contributed by atoms with van der Waals surface area (Å²) in [6, 6.07) is 13.0. The van der Waals surface area contributed by atoms with Crippen LogP contribution >= 0.6 is 11.8 Å². The maximum absolute atomic E-state index is 13.1. The highest BCUT2D eigenvalue weighted by Gasteiger charge is 2.18. The van der Waals surface area contributed by atoms with Crippen LogP contribution in [0, 0.1) is 6.92 Å². The number of fused-ring (bicyclic) bond motifs is 3. The molecule has 4 rings (SSSR count). The molecule has 0 radical (unpaired) electrons. The second-order valence-electron chi connectivity index (χ2n) is 7.17. The average molecular weight is 438 g/mol. The highest BCUT2D eigenvalue weighted by molar-refractivity contribution is 7.99. The fourth-order valence-electron chi connectivity index (χ4n) is 3.42. The van der Waals surface area contributed by atoms with Gasteiger partial charge in [-0.05, 0) is 43.2 Å². The molecule has 2 aromatic heterocycles. The molecule has 2 heterocycles. The van der Waals surface area contributed by atoms with E-state index in [0.29, 0.717) is 34.2 Å². The largest absolute Gasteiger partial charge is 0.495 e. The highest BCUT2D eigenvalue weighted by Crippen LogP contribution is 2.28. The smallest absolute Gasteiger partial charge is 0.297 e. The Kier molecular flexibility index (Phi) is 5.99. The predicted molar refractivity (Wildman–Crippen MR) is 123 cm³/mol. The number of ether oxygens (including phenoxy) is 1.